The van der Waals surface area contributed by atoms with E-state index in [0.717, 1.165) is 30.2 Å². The first kappa shape index (κ1) is 14.6. The van der Waals surface area contributed by atoms with Crippen LogP contribution in [-0.4, -0.2) is 19.0 Å². The van der Waals surface area contributed by atoms with Crippen molar-refractivity contribution in [3.8, 4) is 0 Å². The summed E-state index contributed by atoms with van der Waals surface area (Å²) >= 11 is 0. The summed E-state index contributed by atoms with van der Waals surface area (Å²) in [4.78, 5) is 12.3. The van der Waals surface area contributed by atoms with E-state index in [0.29, 0.717) is 5.92 Å². The number of benzene rings is 2. The van der Waals surface area contributed by atoms with Crippen LogP contribution in [0.5, 0.6) is 0 Å². The predicted molar refractivity (Wildman–Crippen MR) is 90.3 cm³/mol. The maximum Gasteiger partial charge on any atom is 0.227 e. The summed E-state index contributed by atoms with van der Waals surface area (Å²) in [5, 5.41) is 9.55. The molecule has 4 nitrogen and oxygen atoms in total. The van der Waals surface area contributed by atoms with E-state index in [1.54, 1.807) is 0 Å². The summed E-state index contributed by atoms with van der Waals surface area (Å²) in [5.74, 6) is 0.570. The average Bonchev–Trinajstić information content (AvgIpc) is 2.47. The molecule has 114 valence electrons. The molecule has 0 aromatic heterocycles. The van der Waals surface area contributed by atoms with Crippen LogP contribution >= 0.6 is 0 Å². The highest BCUT2D eigenvalue weighted by atomic mass is 16.1. The molecular weight excluding hydrogens is 274 g/mol. The smallest absolute Gasteiger partial charge is 0.227 e. The number of anilines is 3. The highest BCUT2D eigenvalue weighted by molar-refractivity contribution is 5.93. The molecule has 1 aliphatic heterocycles. The van der Waals surface area contributed by atoms with Crippen LogP contribution in [0.3, 0.4) is 0 Å². The Kier molecular flexibility index (Phi) is 4.39. The van der Waals surface area contributed by atoms with Gasteiger partial charge in [0.1, 0.15) is 0 Å². The van der Waals surface area contributed by atoms with Crippen LogP contribution in [0.2, 0.25) is 0 Å². The molecule has 4 heteroatoms. The van der Waals surface area contributed by atoms with Crippen LogP contribution in [0.1, 0.15) is 6.92 Å². The minimum absolute atomic E-state index is 0.0342. The fraction of sp³-hybridized carbons (Fsp3) is 0.278. The molecule has 2 aromatic rings. The van der Waals surface area contributed by atoms with Gasteiger partial charge in [-0.1, -0.05) is 31.2 Å². The minimum atomic E-state index is 0.0342. The summed E-state index contributed by atoms with van der Waals surface area (Å²) in [6, 6.07) is 17.8. The van der Waals surface area contributed by atoms with Crippen LogP contribution < -0.4 is 16.0 Å². The molecule has 2 aromatic carbocycles. The van der Waals surface area contributed by atoms with Crippen LogP contribution in [0.15, 0.2) is 54.6 Å². The molecule has 0 aliphatic carbocycles. The van der Waals surface area contributed by atoms with E-state index in [9.17, 15) is 4.79 Å². The summed E-state index contributed by atoms with van der Waals surface area (Å²) in [6.07, 6.45) is 0. The van der Waals surface area contributed by atoms with Crippen LogP contribution in [0.25, 0.3) is 0 Å². The Hall–Kier alpha value is -2.33. The van der Waals surface area contributed by atoms with Crippen molar-refractivity contribution in [2.75, 3.05) is 23.7 Å². The number of carbonyl (C=O) groups is 1. The molecule has 0 bridgehead atoms. The van der Waals surface area contributed by atoms with Gasteiger partial charge in [-0.05, 0) is 49.3 Å². The van der Waals surface area contributed by atoms with Crippen molar-refractivity contribution >= 4 is 23.0 Å². The zero-order valence-electron chi connectivity index (χ0n) is 12.7. The highest BCUT2D eigenvalue weighted by Gasteiger charge is 2.28. The van der Waals surface area contributed by atoms with Crippen molar-refractivity contribution in [3.05, 3.63) is 54.6 Å². The zero-order valence-corrected chi connectivity index (χ0v) is 12.7. The number of rotatable bonds is 5. The first-order valence-electron chi connectivity index (χ1n) is 7.66. The van der Waals surface area contributed by atoms with E-state index in [1.807, 2.05) is 61.5 Å². The lowest BCUT2D eigenvalue weighted by molar-refractivity contribution is -0.121. The monoisotopic (exact) mass is 295 g/mol. The lowest BCUT2D eigenvalue weighted by Gasteiger charge is -2.31. The molecule has 1 heterocycles. The summed E-state index contributed by atoms with van der Waals surface area (Å²) < 4.78 is 0. The Morgan fingerprint density at radius 2 is 1.73 bits per heavy atom. The van der Waals surface area contributed by atoms with Gasteiger partial charge in [-0.25, -0.2) is 0 Å². The Balaban J connectivity index is 1.64. The third-order valence-corrected chi connectivity index (χ3v) is 4.13. The van der Waals surface area contributed by atoms with E-state index in [-0.39, 0.29) is 11.8 Å². The topological polar surface area (TPSA) is 53.2 Å². The number of amides is 1. The van der Waals surface area contributed by atoms with Crippen molar-refractivity contribution < 1.29 is 4.79 Å². The molecular formula is C18H21N3O. The lowest BCUT2D eigenvalue weighted by Crippen LogP contribution is -2.48. The van der Waals surface area contributed by atoms with Crippen molar-refractivity contribution in [2.45, 2.75) is 6.92 Å². The second kappa shape index (κ2) is 6.62. The average molecular weight is 295 g/mol. The van der Waals surface area contributed by atoms with Crippen LogP contribution in [0.4, 0.5) is 17.1 Å². The van der Waals surface area contributed by atoms with Gasteiger partial charge in [0, 0.05) is 23.0 Å². The van der Waals surface area contributed by atoms with Crippen molar-refractivity contribution in [1.82, 2.24) is 5.32 Å². The SMILES string of the molecule is CC(C(=O)Nc1cccc(Nc2ccccc2)c1)C1CNC1. The van der Waals surface area contributed by atoms with Gasteiger partial charge in [0.25, 0.3) is 0 Å². The molecule has 3 N–H and O–H groups in total. The summed E-state index contributed by atoms with van der Waals surface area (Å²) in [7, 11) is 0. The first-order chi connectivity index (χ1) is 10.7. The van der Waals surface area contributed by atoms with Gasteiger partial charge in [-0.15, -0.1) is 0 Å². The molecule has 1 unspecified atom stereocenters. The van der Waals surface area contributed by atoms with Gasteiger partial charge in [-0.3, -0.25) is 4.79 Å². The second-order valence-electron chi connectivity index (χ2n) is 5.77. The second-order valence-corrected chi connectivity index (χ2v) is 5.77. The number of carbonyl (C=O) groups excluding carboxylic acids is 1. The van der Waals surface area contributed by atoms with E-state index in [2.05, 4.69) is 16.0 Å². The maximum atomic E-state index is 12.3. The maximum absolute atomic E-state index is 12.3. The molecule has 0 spiro atoms. The van der Waals surface area contributed by atoms with E-state index in [4.69, 9.17) is 0 Å². The molecule has 1 amide bonds. The Labute approximate surface area is 130 Å². The molecule has 1 saturated heterocycles. The number of hydrogen-bond acceptors (Lipinski definition) is 3. The normalized spacial score (nSPS) is 15.7. The third kappa shape index (κ3) is 3.46. The van der Waals surface area contributed by atoms with Gasteiger partial charge >= 0.3 is 0 Å². The zero-order chi connectivity index (χ0) is 15.4. The molecule has 0 radical (unpaired) electrons. The minimum Gasteiger partial charge on any atom is -0.355 e. The molecule has 0 saturated carbocycles. The van der Waals surface area contributed by atoms with Crippen LogP contribution in [-0.2, 0) is 4.79 Å². The quantitative estimate of drug-likeness (QED) is 0.794. The first-order valence-corrected chi connectivity index (χ1v) is 7.66. The van der Waals surface area contributed by atoms with E-state index in [1.165, 1.54) is 0 Å². The largest absolute Gasteiger partial charge is 0.355 e. The van der Waals surface area contributed by atoms with Crippen molar-refractivity contribution in [1.29, 1.82) is 0 Å². The lowest BCUT2D eigenvalue weighted by atomic mass is 9.88. The summed E-state index contributed by atoms with van der Waals surface area (Å²) in [5.41, 5.74) is 2.81. The number of para-hydroxylation sites is 1. The molecule has 1 fully saturated rings. The van der Waals surface area contributed by atoms with Crippen molar-refractivity contribution in [2.24, 2.45) is 11.8 Å². The molecule has 22 heavy (non-hydrogen) atoms. The van der Waals surface area contributed by atoms with E-state index >= 15 is 0 Å². The summed E-state index contributed by atoms with van der Waals surface area (Å²) in [6.45, 7) is 3.86. The molecule has 1 aliphatic rings. The molecule has 1 atom stereocenters. The van der Waals surface area contributed by atoms with E-state index < -0.39 is 0 Å². The number of hydrogen-bond donors (Lipinski definition) is 3. The van der Waals surface area contributed by atoms with Crippen molar-refractivity contribution in [3.63, 3.8) is 0 Å². The fourth-order valence-corrected chi connectivity index (χ4v) is 2.50. The third-order valence-electron chi connectivity index (χ3n) is 4.13. The van der Waals surface area contributed by atoms with Gasteiger partial charge < -0.3 is 16.0 Å². The predicted octanol–water partition coefficient (Wildman–Crippen LogP) is 3.22. The van der Waals surface area contributed by atoms with Gasteiger partial charge in [0.15, 0.2) is 0 Å². The Bertz CT molecular complexity index is 638. The Morgan fingerprint density at radius 1 is 1.05 bits per heavy atom. The van der Waals surface area contributed by atoms with Gasteiger partial charge in [-0.2, -0.15) is 0 Å². The highest BCUT2D eigenvalue weighted by Crippen LogP contribution is 2.22. The number of nitrogens with one attached hydrogen (secondary N) is 3. The standard InChI is InChI=1S/C18H21N3O/c1-13(14-11-19-12-14)18(22)21-17-9-5-8-16(10-17)20-15-6-3-2-4-7-15/h2-10,13-14,19-20H,11-12H2,1H3,(H,21,22). The Morgan fingerprint density at radius 3 is 2.41 bits per heavy atom. The van der Waals surface area contributed by atoms with Gasteiger partial charge in [0.2, 0.25) is 5.91 Å². The fourth-order valence-electron chi connectivity index (χ4n) is 2.50. The van der Waals surface area contributed by atoms with Gasteiger partial charge in [0.05, 0.1) is 0 Å². The molecule has 3 rings (SSSR count). The van der Waals surface area contributed by atoms with Crippen LogP contribution in [0, 0.1) is 11.8 Å².